The standard InChI is InChI=1S/C8H10OS/c1-2-3-4-7-5-6-8(9)10-7/h4-6H,2-3H2,1H3. The number of hydrogen-bond donors (Lipinski definition) is 0. The van der Waals surface area contributed by atoms with Gasteiger partial charge in [0.05, 0.1) is 0 Å². The second-order valence-electron chi connectivity index (χ2n) is 2.15. The maximum atomic E-state index is 10.7. The molecule has 0 N–H and O–H groups in total. The summed E-state index contributed by atoms with van der Waals surface area (Å²) in [7, 11) is 0. The Morgan fingerprint density at radius 3 is 2.90 bits per heavy atom. The molecule has 0 aliphatic carbocycles. The number of carbonyl (C=O) groups is 1. The van der Waals surface area contributed by atoms with Crippen LogP contribution in [0.4, 0.5) is 0 Å². The van der Waals surface area contributed by atoms with Gasteiger partial charge >= 0.3 is 0 Å². The van der Waals surface area contributed by atoms with Crippen molar-refractivity contribution in [2.75, 3.05) is 0 Å². The lowest BCUT2D eigenvalue weighted by molar-refractivity contribution is -0.106. The quantitative estimate of drug-likeness (QED) is 0.608. The van der Waals surface area contributed by atoms with Crippen molar-refractivity contribution < 1.29 is 4.79 Å². The molecule has 0 saturated carbocycles. The summed E-state index contributed by atoms with van der Waals surface area (Å²) in [6, 6.07) is 0. The van der Waals surface area contributed by atoms with Gasteiger partial charge in [-0.25, -0.2) is 0 Å². The molecule has 0 saturated heterocycles. The Balaban J connectivity index is 2.45. The lowest BCUT2D eigenvalue weighted by atomic mass is 10.3. The summed E-state index contributed by atoms with van der Waals surface area (Å²) >= 11 is 1.32. The van der Waals surface area contributed by atoms with Crippen molar-refractivity contribution in [3.05, 3.63) is 23.1 Å². The highest BCUT2D eigenvalue weighted by Gasteiger charge is 2.07. The minimum Gasteiger partial charge on any atom is -0.282 e. The van der Waals surface area contributed by atoms with Crippen LogP contribution in [0.25, 0.3) is 0 Å². The number of thioether (sulfide) groups is 1. The fourth-order valence-corrected chi connectivity index (χ4v) is 1.44. The van der Waals surface area contributed by atoms with Crippen LogP contribution >= 0.6 is 11.8 Å². The second-order valence-corrected chi connectivity index (χ2v) is 3.23. The van der Waals surface area contributed by atoms with Gasteiger partial charge in [0.1, 0.15) is 0 Å². The fraction of sp³-hybridized carbons (Fsp3) is 0.375. The lowest BCUT2D eigenvalue weighted by Crippen LogP contribution is -1.73. The first-order valence-corrected chi connectivity index (χ1v) is 4.24. The van der Waals surface area contributed by atoms with E-state index in [2.05, 4.69) is 13.0 Å². The van der Waals surface area contributed by atoms with E-state index in [1.54, 1.807) is 6.08 Å². The molecule has 54 valence electrons. The summed E-state index contributed by atoms with van der Waals surface area (Å²) in [6.07, 6.45) is 7.81. The normalized spacial score (nSPS) is 20.9. The van der Waals surface area contributed by atoms with Gasteiger partial charge in [-0.15, -0.1) is 0 Å². The van der Waals surface area contributed by atoms with Crippen LogP contribution in [0.1, 0.15) is 19.8 Å². The molecule has 1 nitrogen and oxygen atoms in total. The maximum absolute atomic E-state index is 10.7. The van der Waals surface area contributed by atoms with Crippen molar-refractivity contribution >= 4 is 16.9 Å². The van der Waals surface area contributed by atoms with Crippen molar-refractivity contribution in [1.29, 1.82) is 0 Å². The fourth-order valence-electron chi connectivity index (χ4n) is 0.731. The molecule has 0 radical (unpaired) electrons. The monoisotopic (exact) mass is 154 g/mol. The third-order valence-electron chi connectivity index (χ3n) is 1.24. The van der Waals surface area contributed by atoms with Gasteiger partial charge in [0.2, 0.25) is 5.12 Å². The molecule has 0 unspecified atom stereocenters. The molecule has 0 atom stereocenters. The van der Waals surface area contributed by atoms with Crippen LogP contribution in [0, 0.1) is 0 Å². The number of unbranched alkanes of at least 4 members (excludes halogenated alkanes) is 1. The third kappa shape index (κ3) is 2.03. The molecule has 0 aromatic carbocycles. The molecule has 1 rings (SSSR count). The molecule has 2 heteroatoms. The van der Waals surface area contributed by atoms with Crippen LogP contribution in [-0.4, -0.2) is 5.12 Å². The van der Waals surface area contributed by atoms with E-state index in [1.165, 1.54) is 11.8 Å². The Kier molecular flexibility index (Phi) is 2.75. The predicted molar refractivity (Wildman–Crippen MR) is 44.7 cm³/mol. The predicted octanol–water partition coefficient (Wildman–Crippen LogP) is 2.50. The highest BCUT2D eigenvalue weighted by molar-refractivity contribution is 8.17. The summed E-state index contributed by atoms with van der Waals surface area (Å²) in [5.74, 6) is 0. The van der Waals surface area contributed by atoms with Gasteiger partial charge in [0, 0.05) is 4.91 Å². The average molecular weight is 154 g/mol. The zero-order chi connectivity index (χ0) is 7.40. The highest BCUT2D eigenvalue weighted by atomic mass is 32.2. The highest BCUT2D eigenvalue weighted by Crippen LogP contribution is 2.25. The van der Waals surface area contributed by atoms with Crippen LogP contribution in [0.15, 0.2) is 23.1 Å². The first kappa shape index (κ1) is 7.61. The van der Waals surface area contributed by atoms with E-state index in [9.17, 15) is 4.79 Å². The topological polar surface area (TPSA) is 17.1 Å². The summed E-state index contributed by atoms with van der Waals surface area (Å²) in [4.78, 5) is 11.8. The van der Waals surface area contributed by atoms with Crippen molar-refractivity contribution in [1.82, 2.24) is 0 Å². The van der Waals surface area contributed by atoms with Gasteiger partial charge in [-0.05, 0) is 30.3 Å². The number of hydrogen-bond acceptors (Lipinski definition) is 2. The Morgan fingerprint density at radius 1 is 1.60 bits per heavy atom. The van der Waals surface area contributed by atoms with E-state index >= 15 is 0 Å². The zero-order valence-corrected chi connectivity index (χ0v) is 6.78. The minimum absolute atomic E-state index is 0.155. The van der Waals surface area contributed by atoms with Crippen LogP contribution in [0.5, 0.6) is 0 Å². The maximum Gasteiger partial charge on any atom is 0.216 e. The Morgan fingerprint density at radius 2 is 2.40 bits per heavy atom. The largest absolute Gasteiger partial charge is 0.282 e. The van der Waals surface area contributed by atoms with E-state index in [0.717, 1.165) is 17.7 Å². The molecule has 0 amide bonds. The summed E-state index contributed by atoms with van der Waals surface area (Å²) in [5.41, 5.74) is 0. The Labute approximate surface area is 65.2 Å². The van der Waals surface area contributed by atoms with E-state index in [0.29, 0.717) is 0 Å². The molecule has 0 aromatic heterocycles. The Hall–Kier alpha value is -0.500. The molecule has 1 aliphatic heterocycles. The molecule has 1 heterocycles. The van der Waals surface area contributed by atoms with Crippen molar-refractivity contribution in [2.24, 2.45) is 0 Å². The zero-order valence-electron chi connectivity index (χ0n) is 5.96. The van der Waals surface area contributed by atoms with E-state index in [4.69, 9.17) is 0 Å². The first-order valence-electron chi connectivity index (χ1n) is 3.43. The van der Waals surface area contributed by atoms with Gasteiger partial charge in [-0.1, -0.05) is 19.4 Å². The second kappa shape index (κ2) is 3.62. The van der Waals surface area contributed by atoms with Gasteiger partial charge in [0.25, 0.3) is 0 Å². The van der Waals surface area contributed by atoms with Crippen LogP contribution in [0.2, 0.25) is 0 Å². The first-order chi connectivity index (χ1) is 4.83. The smallest absolute Gasteiger partial charge is 0.216 e. The molecule has 0 spiro atoms. The van der Waals surface area contributed by atoms with Crippen LogP contribution in [0.3, 0.4) is 0 Å². The van der Waals surface area contributed by atoms with Crippen molar-refractivity contribution in [2.45, 2.75) is 19.8 Å². The van der Waals surface area contributed by atoms with Gasteiger partial charge in [0.15, 0.2) is 0 Å². The third-order valence-corrected chi connectivity index (χ3v) is 2.11. The summed E-state index contributed by atoms with van der Waals surface area (Å²) < 4.78 is 0. The molecular formula is C8H10OS. The Bertz CT molecular complexity index is 191. The number of allylic oxidation sites excluding steroid dienone is 2. The van der Waals surface area contributed by atoms with Crippen LogP contribution < -0.4 is 0 Å². The molecule has 1 aliphatic rings. The molecule has 0 fully saturated rings. The SMILES string of the molecule is CCCC=C1C=CC(=O)S1. The molecule has 0 bridgehead atoms. The average Bonchev–Trinajstić information content (AvgIpc) is 2.31. The van der Waals surface area contributed by atoms with Crippen molar-refractivity contribution in [3.8, 4) is 0 Å². The van der Waals surface area contributed by atoms with E-state index < -0.39 is 0 Å². The summed E-state index contributed by atoms with van der Waals surface area (Å²) in [5, 5.41) is 0.155. The van der Waals surface area contributed by atoms with E-state index in [1.807, 2.05) is 6.08 Å². The molecule has 10 heavy (non-hydrogen) atoms. The van der Waals surface area contributed by atoms with Gasteiger partial charge < -0.3 is 0 Å². The number of carbonyl (C=O) groups excluding carboxylic acids is 1. The van der Waals surface area contributed by atoms with Gasteiger partial charge in [-0.3, -0.25) is 4.79 Å². The number of rotatable bonds is 2. The van der Waals surface area contributed by atoms with E-state index in [-0.39, 0.29) is 5.12 Å². The van der Waals surface area contributed by atoms with Gasteiger partial charge in [-0.2, -0.15) is 0 Å². The molecular weight excluding hydrogens is 144 g/mol. The lowest BCUT2D eigenvalue weighted by Gasteiger charge is -1.88. The van der Waals surface area contributed by atoms with Crippen LogP contribution in [-0.2, 0) is 4.79 Å². The van der Waals surface area contributed by atoms with Crippen molar-refractivity contribution in [3.63, 3.8) is 0 Å². The molecule has 0 aromatic rings. The minimum atomic E-state index is 0.155. The summed E-state index contributed by atoms with van der Waals surface area (Å²) in [6.45, 7) is 2.13.